The first-order chi connectivity index (χ1) is 15.1. The van der Waals surface area contributed by atoms with Crippen molar-refractivity contribution in [2.24, 2.45) is 5.92 Å². The highest BCUT2D eigenvalue weighted by Gasteiger charge is 2.27. The summed E-state index contributed by atoms with van der Waals surface area (Å²) in [5.41, 5.74) is 0.758. The van der Waals surface area contributed by atoms with Crippen LogP contribution in [0.15, 0.2) is 24.3 Å². The molecule has 0 unspecified atom stereocenters. The molecular formula is C23H34N4O4. The number of anilines is 1. The smallest absolute Gasteiger partial charge is 0.241 e. The highest BCUT2D eigenvalue weighted by Crippen LogP contribution is 2.22. The number of methoxy groups -OCH3 is 1. The molecule has 0 spiro atoms. The Bertz CT molecular complexity index is 724. The van der Waals surface area contributed by atoms with Crippen LogP contribution in [0.4, 0.5) is 5.69 Å². The van der Waals surface area contributed by atoms with Crippen LogP contribution in [-0.2, 0) is 14.3 Å². The van der Waals surface area contributed by atoms with Gasteiger partial charge in [-0.3, -0.25) is 14.5 Å². The number of likely N-dealkylation sites (tertiary alicyclic amines) is 1. The number of nitrogens with zero attached hydrogens (tertiary/aromatic N) is 3. The highest BCUT2D eigenvalue weighted by atomic mass is 16.5. The molecule has 1 N–H and O–H groups in total. The molecule has 8 nitrogen and oxygen atoms in total. The summed E-state index contributed by atoms with van der Waals surface area (Å²) in [4.78, 5) is 29.0. The van der Waals surface area contributed by atoms with Gasteiger partial charge in [-0.2, -0.15) is 5.26 Å². The Morgan fingerprint density at radius 3 is 2.58 bits per heavy atom. The topological polar surface area (TPSA) is 94.9 Å². The van der Waals surface area contributed by atoms with Crippen LogP contribution in [-0.4, -0.2) is 69.8 Å². The molecule has 8 heteroatoms. The van der Waals surface area contributed by atoms with Crippen LogP contribution in [0.25, 0.3) is 0 Å². The number of hydrogen-bond donors (Lipinski definition) is 1. The number of rotatable bonds is 12. The molecule has 31 heavy (non-hydrogen) atoms. The molecule has 1 fully saturated rings. The maximum Gasteiger partial charge on any atom is 0.241 e. The molecule has 2 amide bonds. The third kappa shape index (κ3) is 8.19. The van der Waals surface area contributed by atoms with Crippen molar-refractivity contribution in [3.05, 3.63) is 24.3 Å². The molecule has 0 radical (unpaired) electrons. The standard InChI is InChI=1S/C23H34N4O4/c1-3-31-21-8-6-20(7-9-21)27(14-4-12-24)22(28)18-26-15-10-19(11-16-26)23(29)25-13-5-17-30-2/h6-9,19H,3-5,10-11,13-18H2,1-2H3,(H,25,29). The van der Waals surface area contributed by atoms with E-state index < -0.39 is 0 Å². The first-order valence-electron chi connectivity index (χ1n) is 11.0. The lowest BCUT2D eigenvalue weighted by Gasteiger charge is -2.32. The van der Waals surface area contributed by atoms with Gasteiger partial charge in [-0.1, -0.05) is 0 Å². The summed E-state index contributed by atoms with van der Waals surface area (Å²) in [6, 6.07) is 9.48. The maximum atomic E-state index is 13.0. The van der Waals surface area contributed by atoms with E-state index in [9.17, 15) is 9.59 Å². The fourth-order valence-electron chi connectivity index (χ4n) is 3.65. The zero-order valence-corrected chi connectivity index (χ0v) is 18.6. The van der Waals surface area contributed by atoms with Gasteiger partial charge in [-0.25, -0.2) is 0 Å². The van der Waals surface area contributed by atoms with Crippen molar-refractivity contribution < 1.29 is 19.1 Å². The predicted octanol–water partition coefficient (Wildman–Crippen LogP) is 2.20. The first kappa shape index (κ1) is 24.6. The molecular weight excluding hydrogens is 396 g/mol. The number of carbonyl (C=O) groups is 2. The molecule has 1 aliphatic rings. The van der Waals surface area contributed by atoms with Gasteiger partial charge in [0.15, 0.2) is 0 Å². The number of nitriles is 1. The third-order valence-electron chi connectivity index (χ3n) is 5.35. The van der Waals surface area contributed by atoms with Crippen LogP contribution >= 0.6 is 0 Å². The van der Waals surface area contributed by atoms with Gasteiger partial charge in [-0.15, -0.1) is 0 Å². The second-order valence-corrected chi connectivity index (χ2v) is 7.57. The van der Waals surface area contributed by atoms with Gasteiger partial charge < -0.3 is 19.7 Å². The molecule has 0 saturated carbocycles. The lowest BCUT2D eigenvalue weighted by molar-refractivity contribution is -0.126. The maximum absolute atomic E-state index is 13.0. The van der Waals surface area contributed by atoms with Crippen LogP contribution in [0.2, 0.25) is 0 Å². The Hall–Kier alpha value is -2.63. The largest absolute Gasteiger partial charge is 0.494 e. The van der Waals surface area contributed by atoms with Crippen LogP contribution in [0.1, 0.15) is 32.6 Å². The quantitative estimate of drug-likeness (QED) is 0.511. The van der Waals surface area contributed by atoms with Crippen molar-refractivity contribution in [3.63, 3.8) is 0 Å². The van der Waals surface area contributed by atoms with Crippen molar-refractivity contribution in [1.29, 1.82) is 5.26 Å². The second kappa shape index (κ2) is 13.6. The van der Waals surface area contributed by atoms with Crippen molar-refractivity contribution >= 4 is 17.5 Å². The van der Waals surface area contributed by atoms with Gasteiger partial charge in [-0.05, 0) is 63.5 Å². The van der Waals surface area contributed by atoms with Crippen molar-refractivity contribution in [3.8, 4) is 11.8 Å². The number of carbonyl (C=O) groups excluding carboxylic acids is 2. The number of benzene rings is 1. The Kier molecular flexibility index (Phi) is 10.8. The van der Waals surface area contributed by atoms with Crippen molar-refractivity contribution in [2.75, 3.05) is 57.9 Å². The van der Waals surface area contributed by atoms with Gasteiger partial charge in [0.25, 0.3) is 0 Å². The summed E-state index contributed by atoms with van der Waals surface area (Å²) in [5, 5.41) is 12.0. The van der Waals surface area contributed by atoms with Gasteiger partial charge in [0.05, 0.1) is 25.6 Å². The van der Waals surface area contributed by atoms with E-state index in [0.717, 1.165) is 30.7 Å². The second-order valence-electron chi connectivity index (χ2n) is 7.57. The molecule has 0 aliphatic carbocycles. The monoisotopic (exact) mass is 430 g/mol. The fraction of sp³-hybridized carbons (Fsp3) is 0.609. The zero-order chi connectivity index (χ0) is 22.5. The third-order valence-corrected chi connectivity index (χ3v) is 5.35. The van der Waals surface area contributed by atoms with Crippen LogP contribution in [0.5, 0.6) is 5.75 Å². The molecule has 1 heterocycles. The Balaban J connectivity index is 1.86. The van der Waals surface area contributed by atoms with E-state index in [4.69, 9.17) is 14.7 Å². The summed E-state index contributed by atoms with van der Waals surface area (Å²) in [5.74, 6) is 0.796. The minimum absolute atomic E-state index is 0.00491. The number of amides is 2. The Morgan fingerprint density at radius 2 is 1.97 bits per heavy atom. The number of nitrogens with one attached hydrogen (secondary N) is 1. The molecule has 1 aromatic rings. The minimum Gasteiger partial charge on any atom is -0.494 e. The fourth-order valence-corrected chi connectivity index (χ4v) is 3.65. The zero-order valence-electron chi connectivity index (χ0n) is 18.6. The van der Waals surface area contributed by atoms with Crippen LogP contribution in [0, 0.1) is 17.2 Å². The molecule has 1 saturated heterocycles. The number of hydrogen-bond acceptors (Lipinski definition) is 6. The predicted molar refractivity (Wildman–Crippen MR) is 119 cm³/mol. The van der Waals surface area contributed by atoms with E-state index in [2.05, 4.69) is 16.3 Å². The summed E-state index contributed by atoms with van der Waals surface area (Å²) in [7, 11) is 1.65. The molecule has 170 valence electrons. The van der Waals surface area contributed by atoms with Gasteiger partial charge >= 0.3 is 0 Å². The van der Waals surface area contributed by atoms with Crippen LogP contribution in [0.3, 0.4) is 0 Å². The molecule has 1 aliphatic heterocycles. The highest BCUT2D eigenvalue weighted by molar-refractivity contribution is 5.94. The van der Waals surface area contributed by atoms with E-state index in [-0.39, 0.29) is 30.7 Å². The molecule has 2 rings (SSSR count). The summed E-state index contributed by atoms with van der Waals surface area (Å²) < 4.78 is 10.5. The molecule has 1 aromatic carbocycles. The first-order valence-corrected chi connectivity index (χ1v) is 11.0. The van der Waals surface area contributed by atoms with E-state index >= 15 is 0 Å². The lowest BCUT2D eigenvalue weighted by atomic mass is 9.96. The van der Waals surface area contributed by atoms with Gasteiger partial charge in [0, 0.05) is 38.4 Å². The van der Waals surface area contributed by atoms with E-state index in [1.165, 1.54) is 0 Å². The molecule has 0 aromatic heterocycles. The minimum atomic E-state index is -0.0399. The van der Waals surface area contributed by atoms with E-state index in [1.54, 1.807) is 12.0 Å². The number of ether oxygens (including phenoxy) is 2. The summed E-state index contributed by atoms with van der Waals surface area (Å²) in [6.07, 6.45) is 2.55. The van der Waals surface area contributed by atoms with Gasteiger partial charge in [0.1, 0.15) is 5.75 Å². The van der Waals surface area contributed by atoms with E-state index in [1.807, 2.05) is 31.2 Å². The van der Waals surface area contributed by atoms with Crippen molar-refractivity contribution in [2.45, 2.75) is 32.6 Å². The summed E-state index contributed by atoms with van der Waals surface area (Å²) >= 11 is 0. The Labute approximate surface area is 185 Å². The average Bonchev–Trinajstić information content (AvgIpc) is 2.78. The summed E-state index contributed by atoms with van der Waals surface area (Å²) in [6.45, 7) is 5.81. The lowest BCUT2D eigenvalue weighted by Crippen LogP contribution is -2.46. The Morgan fingerprint density at radius 1 is 1.26 bits per heavy atom. The molecule has 0 atom stereocenters. The van der Waals surface area contributed by atoms with Crippen molar-refractivity contribution in [1.82, 2.24) is 10.2 Å². The normalized spacial score (nSPS) is 14.6. The number of piperidine rings is 1. The van der Waals surface area contributed by atoms with Gasteiger partial charge in [0.2, 0.25) is 11.8 Å². The SMILES string of the molecule is CCOc1ccc(N(CCC#N)C(=O)CN2CCC(C(=O)NCCCOC)CC2)cc1. The average molecular weight is 431 g/mol. The van der Waals surface area contributed by atoms with E-state index in [0.29, 0.717) is 39.4 Å². The van der Waals surface area contributed by atoms with Crippen LogP contribution < -0.4 is 15.0 Å². The molecule has 0 bridgehead atoms.